The van der Waals surface area contributed by atoms with Crippen LogP contribution in [0.25, 0.3) is 0 Å². The molecule has 21 heavy (non-hydrogen) atoms. The minimum absolute atomic E-state index is 0.0787. The van der Waals surface area contributed by atoms with Gasteiger partial charge < -0.3 is 14.8 Å². The van der Waals surface area contributed by atoms with Gasteiger partial charge in [0.05, 0.1) is 0 Å². The number of rotatable bonds is 3. The van der Waals surface area contributed by atoms with Gasteiger partial charge in [0.15, 0.2) is 11.5 Å². The normalized spacial score (nSPS) is 16.7. The van der Waals surface area contributed by atoms with Gasteiger partial charge in [-0.05, 0) is 24.7 Å². The Hall–Kier alpha value is -1.09. The largest absolute Gasteiger partial charge is 0.486 e. The first-order valence-corrected chi connectivity index (χ1v) is 6.68. The van der Waals surface area contributed by atoms with Crippen LogP contribution in [0.1, 0.15) is 11.6 Å². The molecule has 1 atom stereocenters. The molecule has 1 aromatic carbocycles. The highest BCUT2D eigenvalue weighted by Crippen LogP contribution is 2.47. The van der Waals surface area contributed by atoms with Crippen molar-refractivity contribution in [1.29, 1.82) is 0 Å². The van der Waals surface area contributed by atoms with Crippen molar-refractivity contribution in [3.63, 3.8) is 0 Å². The van der Waals surface area contributed by atoms with Gasteiger partial charge in [-0.25, -0.2) is 0 Å². The number of fused-ring (bicyclic) bond motifs is 1. The van der Waals surface area contributed by atoms with Crippen LogP contribution in [0.2, 0.25) is 0 Å². The summed E-state index contributed by atoms with van der Waals surface area (Å²) in [6.07, 6.45) is -5.67. The molecule has 1 N–H and O–H groups in total. The molecule has 0 bridgehead atoms. The van der Waals surface area contributed by atoms with E-state index in [1.807, 2.05) is 5.32 Å². The van der Waals surface area contributed by atoms with E-state index in [1.54, 1.807) is 0 Å². The summed E-state index contributed by atoms with van der Waals surface area (Å²) in [6.45, 7) is 0.487. The van der Waals surface area contributed by atoms with Crippen LogP contribution in [0.15, 0.2) is 16.6 Å². The van der Waals surface area contributed by atoms with E-state index in [-0.39, 0.29) is 29.0 Å². The van der Waals surface area contributed by atoms with Gasteiger partial charge in [-0.15, -0.1) is 0 Å². The van der Waals surface area contributed by atoms with Crippen molar-refractivity contribution in [2.75, 3.05) is 20.3 Å². The van der Waals surface area contributed by atoms with Crippen molar-refractivity contribution in [2.45, 2.75) is 18.1 Å². The molecule has 0 amide bonds. The van der Waals surface area contributed by atoms with Crippen molar-refractivity contribution in [1.82, 2.24) is 5.32 Å². The van der Waals surface area contributed by atoms with E-state index >= 15 is 0 Å². The average Bonchev–Trinajstić information content (AvgIpc) is 2.38. The average molecular weight is 376 g/mol. The predicted molar refractivity (Wildman–Crippen MR) is 67.9 cm³/mol. The highest BCUT2D eigenvalue weighted by molar-refractivity contribution is 9.10. The van der Waals surface area contributed by atoms with Crippen LogP contribution in [-0.2, 0) is 0 Å². The van der Waals surface area contributed by atoms with Crippen LogP contribution >= 0.6 is 15.9 Å². The van der Waals surface area contributed by atoms with E-state index in [0.717, 1.165) is 13.1 Å². The lowest BCUT2D eigenvalue weighted by Gasteiger charge is -2.30. The Balaban J connectivity index is 2.48. The Morgan fingerprint density at radius 1 is 1.10 bits per heavy atom. The molecule has 0 radical (unpaired) electrons. The third-order valence-corrected chi connectivity index (χ3v) is 3.69. The molecule has 118 valence electrons. The van der Waals surface area contributed by atoms with Crippen molar-refractivity contribution >= 4 is 15.9 Å². The van der Waals surface area contributed by atoms with Crippen molar-refractivity contribution in [3.8, 4) is 11.5 Å². The maximum Gasteiger partial charge on any atom is 0.455 e. The van der Waals surface area contributed by atoms with E-state index in [9.17, 15) is 22.0 Å². The zero-order valence-electron chi connectivity index (χ0n) is 10.7. The van der Waals surface area contributed by atoms with E-state index in [1.165, 1.54) is 6.07 Å². The standard InChI is InChI=1S/C12H11BrF5NO2/c1-19-10(11(14,15)12(16,17)18)6-4-8-9(5-7(6)13)21-3-2-20-8/h4-5,10,19H,2-3H2,1H3. The summed E-state index contributed by atoms with van der Waals surface area (Å²) in [5, 5.41) is 2.02. The summed E-state index contributed by atoms with van der Waals surface area (Å²) in [6, 6.07) is 0.197. The predicted octanol–water partition coefficient (Wildman–Crippen LogP) is 3.68. The molecule has 2 rings (SSSR count). The summed E-state index contributed by atoms with van der Waals surface area (Å²) in [5.74, 6) is -4.51. The van der Waals surface area contributed by atoms with Crippen LogP contribution < -0.4 is 14.8 Å². The van der Waals surface area contributed by atoms with Gasteiger partial charge in [-0.1, -0.05) is 15.9 Å². The van der Waals surface area contributed by atoms with Crippen LogP contribution in [-0.4, -0.2) is 32.4 Å². The maximum atomic E-state index is 13.6. The Labute approximate surface area is 125 Å². The van der Waals surface area contributed by atoms with Gasteiger partial charge in [0.25, 0.3) is 0 Å². The number of hydrogen-bond donors (Lipinski definition) is 1. The zero-order chi connectivity index (χ0) is 15.8. The minimum Gasteiger partial charge on any atom is -0.486 e. The van der Waals surface area contributed by atoms with Gasteiger partial charge in [0.1, 0.15) is 19.3 Å². The third kappa shape index (κ3) is 2.94. The number of nitrogens with one attached hydrogen (secondary N) is 1. The number of alkyl halides is 5. The first-order valence-electron chi connectivity index (χ1n) is 5.89. The zero-order valence-corrected chi connectivity index (χ0v) is 12.3. The van der Waals surface area contributed by atoms with E-state index in [0.29, 0.717) is 5.75 Å². The Kier molecular flexibility index (Phi) is 4.34. The molecule has 0 spiro atoms. The molecule has 0 aromatic heterocycles. The summed E-state index contributed by atoms with van der Waals surface area (Å²) < 4.78 is 75.5. The molecule has 1 aliphatic heterocycles. The van der Waals surface area contributed by atoms with Crippen LogP contribution in [0.5, 0.6) is 11.5 Å². The Bertz CT molecular complexity index is 535. The van der Waals surface area contributed by atoms with E-state index in [2.05, 4.69) is 15.9 Å². The van der Waals surface area contributed by atoms with E-state index < -0.39 is 18.1 Å². The molecule has 3 nitrogen and oxygen atoms in total. The van der Waals surface area contributed by atoms with Crippen LogP contribution in [0, 0.1) is 0 Å². The highest BCUT2D eigenvalue weighted by Gasteiger charge is 2.62. The van der Waals surface area contributed by atoms with E-state index in [4.69, 9.17) is 9.47 Å². The number of ether oxygens (including phenoxy) is 2. The lowest BCUT2D eigenvalue weighted by atomic mass is 9.99. The summed E-state index contributed by atoms with van der Waals surface area (Å²) in [7, 11) is 1.04. The van der Waals surface area contributed by atoms with Crippen molar-refractivity contribution in [2.24, 2.45) is 0 Å². The quantitative estimate of drug-likeness (QED) is 0.817. The molecule has 1 aliphatic rings. The maximum absolute atomic E-state index is 13.6. The minimum atomic E-state index is -5.67. The second-order valence-corrected chi connectivity index (χ2v) is 5.21. The second kappa shape index (κ2) is 5.60. The van der Waals surface area contributed by atoms with Gasteiger partial charge >= 0.3 is 12.1 Å². The molecule has 1 aromatic rings. The highest BCUT2D eigenvalue weighted by atomic mass is 79.9. The first kappa shape index (κ1) is 16.3. The molecule has 0 fully saturated rings. The van der Waals surface area contributed by atoms with Gasteiger partial charge in [-0.2, -0.15) is 22.0 Å². The van der Waals surface area contributed by atoms with Gasteiger partial charge in [0, 0.05) is 4.47 Å². The van der Waals surface area contributed by atoms with Crippen LogP contribution in [0.3, 0.4) is 0 Å². The SMILES string of the molecule is CNC(c1cc2c(cc1Br)OCCO2)C(F)(F)C(F)(F)F. The Morgan fingerprint density at radius 3 is 2.10 bits per heavy atom. The summed E-state index contributed by atoms with van der Waals surface area (Å²) in [4.78, 5) is 0. The number of benzene rings is 1. The fourth-order valence-corrected chi connectivity index (χ4v) is 2.55. The number of halogens is 6. The molecule has 9 heteroatoms. The summed E-state index contributed by atoms with van der Waals surface area (Å²) >= 11 is 3.00. The smallest absolute Gasteiger partial charge is 0.455 e. The molecule has 1 heterocycles. The first-order chi connectivity index (χ1) is 9.68. The fourth-order valence-electron chi connectivity index (χ4n) is 2.00. The fraction of sp³-hybridized carbons (Fsp3) is 0.500. The monoisotopic (exact) mass is 375 g/mol. The molecular formula is C12H11BrF5NO2. The van der Waals surface area contributed by atoms with Crippen molar-refractivity contribution in [3.05, 3.63) is 22.2 Å². The molecule has 1 unspecified atom stereocenters. The molecule has 0 saturated carbocycles. The van der Waals surface area contributed by atoms with Gasteiger partial charge in [0.2, 0.25) is 0 Å². The lowest BCUT2D eigenvalue weighted by molar-refractivity contribution is -0.294. The van der Waals surface area contributed by atoms with Gasteiger partial charge in [-0.3, -0.25) is 0 Å². The molecule has 0 aliphatic carbocycles. The lowest BCUT2D eigenvalue weighted by Crippen LogP contribution is -2.47. The second-order valence-electron chi connectivity index (χ2n) is 4.36. The summed E-state index contributed by atoms with van der Waals surface area (Å²) in [5.41, 5.74) is -0.260. The van der Waals surface area contributed by atoms with Crippen LogP contribution in [0.4, 0.5) is 22.0 Å². The topological polar surface area (TPSA) is 30.5 Å². The Morgan fingerprint density at radius 2 is 1.62 bits per heavy atom. The molecule has 0 saturated heterocycles. The third-order valence-electron chi connectivity index (χ3n) is 3.00. The molecular weight excluding hydrogens is 365 g/mol. The number of hydrogen-bond acceptors (Lipinski definition) is 3. The van der Waals surface area contributed by atoms with Crippen molar-refractivity contribution < 1.29 is 31.4 Å².